The lowest BCUT2D eigenvalue weighted by Gasteiger charge is -2.01. The number of halogens is 1. The molecule has 0 aromatic carbocycles. The molecule has 0 saturated heterocycles. The van der Waals surface area contributed by atoms with E-state index < -0.39 is 0 Å². The van der Waals surface area contributed by atoms with Crippen LogP contribution in [0.5, 0.6) is 0 Å². The largest absolute Gasteiger partial charge is 0.465 e. The highest BCUT2D eigenvalue weighted by Crippen LogP contribution is 2.19. The van der Waals surface area contributed by atoms with E-state index in [4.69, 9.17) is 16.3 Å². The van der Waals surface area contributed by atoms with E-state index in [-0.39, 0.29) is 5.97 Å². The maximum atomic E-state index is 11.2. The van der Waals surface area contributed by atoms with Crippen LogP contribution in [0.4, 0.5) is 0 Å². The lowest BCUT2D eigenvalue weighted by atomic mass is 10.4. The number of esters is 1. The van der Waals surface area contributed by atoms with Gasteiger partial charge in [0, 0.05) is 17.6 Å². The normalized spacial score (nSPS) is 10.1. The fraction of sp³-hybridized carbons (Fsp3) is 0.467. The minimum absolute atomic E-state index is 0.183. The topological polar surface area (TPSA) is 43.6 Å². The summed E-state index contributed by atoms with van der Waals surface area (Å²) in [5.74, 6) is 0.850. The van der Waals surface area contributed by atoms with E-state index in [0.29, 0.717) is 23.1 Å². The zero-order valence-electron chi connectivity index (χ0n) is 12.9. The minimum Gasteiger partial charge on any atom is -0.465 e. The van der Waals surface area contributed by atoms with Crippen LogP contribution in [0.1, 0.15) is 32.2 Å². The summed E-state index contributed by atoms with van der Waals surface area (Å²) in [6, 6.07) is 3.70. The molecule has 0 atom stereocenters. The van der Waals surface area contributed by atoms with Crippen molar-refractivity contribution in [1.82, 2.24) is 9.38 Å². The second kappa shape index (κ2) is 8.95. The van der Waals surface area contributed by atoms with Gasteiger partial charge in [-0.2, -0.15) is 0 Å². The summed E-state index contributed by atoms with van der Waals surface area (Å²) >= 11 is 7.47. The molecule has 0 amide bonds. The lowest BCUT2D eigenvalue weighted by Crippen LogP contribution is -2.06. The maximum absolute atomic E-state index is 11.2. The highest BCUT2D eigenvalue weighted by atomic mass is 35.5. The second-order valence-corrected chi connectivity index (χ2v) is 5.44. The third-order valence-corrected chi connectivity index (χ3v) is 3.82. The van der Waals surface area contributed by atoms with Crippen molar-refractivity contribution in [2.24, 2.45) is 0 Å². The van der Waals surface area contributed by atoms with Gasteiger partial charge in [-0.1, -0.05) is 25.4 Å². The lowest BCUT2D eigenvalue weighted by molar-refractivity contribution is -0.139. The van der Waals surface area contributed by atoms with E-state index in [2.05, 4.69) is 4.98 Å². The number of hydrogen-bond acceptors (Lipinski definition) is 4. The number of hydrogen-bond donors (Lipinski definition) is 0. The van der Waals surface area contributed by atoms with E-state index in [1.54, 1.807) is 6.92 Å². The molecule has 0 radical (unpaired) electrons. The van der Waals surface area contributed by atoms with Gasteiger partial charge in [0.25, 0.3) is 0 Å². The Morgan fingerprint density at radius 2 is 2.14 bits per heavy atom. The van der Waals surface area contributed by atoms with E-state index in [9.17, 15) is 4.79 Å². The summed E-state index contributed by atoms with van der Waals surface area (Å²) in [7, 11) is 0. The van der Waals surface area contributed by atoms with Crippen molar-refractivity contribution in [2.75, 3.05) is 12.4 Å². The predicted molar refractivity (Wildman–Crippen MR) is 89.1 cm³/mol. The number of carbonyl (C=O) groups is 1. The Labute approximate surface area is 134 Å². The third-order valence-electron chi connectivity index (χ3n) is 2.68. The quantitative estimate of drug-likeness (QED) is 0.774. The second-order valence-electron chi connectivity index (χ2n) is 4.02. The van der Waals surface area contributed by atoms with Crippen LogP contribution >= 0.6 is 23.4 Å². The van der Waals surface area contributed by atoms with Crippen molar-refractivity contribution in [2.45, 2.75) is 33.4 Å². The summed E-state index contributed by atoms with van der Waals surface area (Å²) < 4.78 is 6.84. The molecular weight excluding hydrogens is 308 g/mol. The van der Waals surface area contributed by atoms with E-state index in [0.717, 1.165) is 17.0 Å². The zero-order chi connectivity index (χ0) is 15.8. The number of aromatic nitrogens is 2. The van der Waals surface area contributed by atoms with Crippen molar-refractivity contribution in [3.8, 4) is 0 Å². The first-order valence-corrected chi connectivity index (χ1v) is 8.51. The highest BCUT2D eigenvalue weighted by Gasteiger charge is 2.10. The van der Waals surface area contributed by atoms with E-state index >= 15 is 0 Å². The first-order valence-electron chi connectivity index (χ1n) is 6.98. The number of ether oxygens (including phenoxy) is 1. The molecule has 0 unspecified atom stereocenters. The SMILES string of the molecule is CC.CCOC(=O)CSCc1nc2ccc(Cl)cn2c1C. The summed E-state index contributed by atoms with van der Waals surface area (Å²) in [4.78, 5) is 15.8. The monoisotopic (exact) mass is 328 g/mol. The van der Waals surface area contributed by atoms with Crippen molar-refractivity contribution in [3.63, 3.8) is 0 Å². The Morgan fingerprint density at radius 3 is 2.81 bits per heavy atom. The fourth-order valence-electron chi connectivity index (χ4n) is 1.76. The smallest absolute Gasteiger partial charge is 0.315 e. The van der Waals surface area contributed by atoms with Gasteiger partial charge >= 0.3 is 5.97 Å². The molecule has 4 nitrogen and oxygen atoms in total. The molecule has 0 fully saturated rings. The molecule has 0 aliphatic carbocycles. The van der Waals surface area contributed by atoms with Crippen LogP contribution in [0.25, 0.3) is 5.65 Å². The Kier molecular flexibility index (Phi) is 7.61. The number of fused-ring (bicyclic) bond motifs is 1. The number of imidazole rings is 1. The third kappa shape index (κ3) is 4.93. The standard InChI is InChI=1S/C13H15ClN2O2S.C2H6/c1-3-18-13(17)8-19-7-11-9(2)16-6-10(14)4-5-12(16)15-11;1-2/h4-6H,3,7-8H2,1-2H3;1-2H3. The molecule has 0 saturated carbocycles. The van der Waals surface area contributed by atoms with Crippen molar-refractivity contribution in [3.05, 3.63) is 34.7 Å². The molecule has 6 heteroatoms. The number of nitrogens with zero attached hydrogens (tertiary/aromatic N) is 2. The van der Waals surface area contributed by atoms with Crippen LogP contribution in [0.2, 0.25) is 5.02 Å². The van der Waals surface area contributed by atoms with Gasteiger partial charge in [-0.3, -0.25) is 4.79 Å². The first kappa shape index (κ1) is 17.9. The molecule has 116 valence electrons. The average Bonchev–Trinajstić information content (AvgIpc) is 2.78. The van der Waals surface area contributed by atoms with Crippen LogP contribution in [-0.2, 0) is 15.3 Å². The number of carbonyl (C=O) groups excluding carboxylic acids is 1. The van der Waals surface area contributed by atoms with Crippen LogP contribution in [0.3, 0.4) is 0 Å². The van der Waals surface area contributed by atoms with E-state index in [1.165, 1.54) is 11.8 Å². The van der Waals surface area contributed by atoms with Crippen LogP contribution < -0.4 is 0 Å². The maximum Gasteiger partial charge on any atom is 0.315 e. The van der Waals surface area contributed by atoms with Gasteiger partial charge in [-0.05, 0) is 26.0 Å². The Bertz CT molecular complexity index is 599. The molecule has 0 aliphatic heterocycles. The van der Waals surface area contributed by atoms with Crippen LogP contribution in [0, 0.1) is 6.92 Å². The molecule has 2 heterocycles. The fourth-order valence-corrected chi connectivity index (χ4v) is 2.73. The van der Waals surface area contributed by atoms with Gasteiger partial charge in [0.1, 0.15) is 5.65 Å². The molecule has 0 spiro atoms. The summed E-state index contributed by atoms with van der Waals surface area (Å²) in [5.41, 5.74) is 2.89. The number of rotatable bonds is 5. The average molecular weight is 329 g/mol. The molecule has 2 aromatic heterocycles. The van der Waals surface area contributed by atoms with Crippen LogP contribution in [0.15, 0.2) is 18.3 Å². The van der Waals surface area contributed by atoms with Gasteiger partial charge in [0.05, 0.1) is 23.1 Å². The molecule has 2 aromatic rings. The Morgan fingerprint density at radius 1 is 1.43 bits per heavy atom. The Hall–Kier alpha value is -1.20. The molecule has 0 bridgehead atoms. The summed E-state index contributed by atoms with van der Waals surface area (Å²) in [6.07, 6.45) is 1.85. The van der Waals surface area contributed by atoms with Crippen LogP contribution in [-0.4, -0.2) is 27.7 Å². The summed E-state index contributed by atoms with van der Waals surface area (Å²) in [6.45, 7) is 8.22. The summed E-state index contributed by atoms with van der Waals surface area (Å²) in [5, 5.41) is 0.679. The molecule has 0 N–H and O–H groups in total. The predicted octanol–water partition coefficient (Wildman–Crippen LogP) is 4.12. The van der Waals surface area contributed by atoms with Gasteiger partial charge in [0.15, 0.2) is 0 Å². The number of aryl methyl sites for hydroxylation is 1. The van der Waals surface area contributed by atoms with Crippen molar-refractivity contribution < 1.29 is 9.53 Å². The molecule has 21 heavy (non-hydrogen) atoms. The molecule has 2 rings (SSSR count). The van der Waals surface area contributed by atoms with E-state index in [1.807, 2.05) is 43.5 Å². The van der Waals surface area contributed by atoms with Gasteiger partial charge in [-0.25, -0.2) is 4.98 Å². The highest BCUT2D eigenvalue weighted by molar-refractivity contribution is 7.99. The zero-order valence-corrected chi connectivity index (χ0v) is 14.4. The number of pyridine rings is 1. The molecule has 0 aliphatic rings. The first-order chi connectivity index (χ1) is 10.1. The van der Waals surface area contributed by atoms with Gasteiger partial charge in [0.2, 0.25) is 0 Å². The Balaban J connectivity index is 0.00000106. The minimum atomic E-state index is -0.183. The van der Waals surface area contributed by atoms with Crippen molar-refractivity contribution in [1.29, 1.82) is 0 Å². The molecular formula is C15H21ClN2O2S. The van der Waals surface area contributed by atoms with Crippen molar-refractivity contribution >= 4 is 35.0 Å². The van der Waals surface area contributed by atoms with Gasteiger partial charge < -0.3 is 9.14 Å². The number of thioether (sulfide) groups is 1. The van der Waals surface area contributed by atoms with Gasteiger partial charge in [-0.15, -0.1) is 11.8 Å².